The number of aromatic nitrogens is 8. The van der Waals surface area contributed by atoms with E-state index in [0.717, 1.165) is 30.8 Å². The Morgan fingerprint density at radius 2 is 1.43 bits per heavy atom. The lowest BCUT2D eigenvalue weighted by Crippen LogP contribution is -2.51. The zero-order valence-corrected chi connectivity index (χ0v) is 37.7. The zero-order valence-electron chi connectivity index (χ0n) is 36.9. The SMILES string of the molecule is Cc1ccc(-n2ncc(C3CC4CN(C(=O)c5nc(C)sc5-c5ccc(F)cc5)C(CNc5ncc(C(F)(F)F)cn5)C4C3)n2)c(C(=O)N2CCCC(C)C2CNc2ncc(C(F)(F)F)cn2)c1. The Morgan fingerprint density at radius 1 is 0.794 bits per heavy atom. The molecule has 2 N–H and O–H groups in total. The molecule has 6 atom stereocenters. The first-order valence-corrected chi connectivity index (χ1v) is 22.9. The van der Waals surface area contributed by atoms with Crippen LogP contribution in [-0.4, -0.2) is 99.8 Å². The van der Waals surface area contributed by atoms with E-state index in [0.29, 0.717) is 70.7 Å². The van der Waals surface area contributed by atoms with Gasteiger partial charge in [0.1, 0.15) is 11.5 Å². The lowest BCUT2D eigenvalue weighted by molar-refractivity contribution is -0.138. The number of amides is 2. The number of halogens is 7. The van der Waals surface area contributed by atoms with Gasteiger partial charge in [-0.1, -0.05) is 30.7 Å². The first kappa shape index (κ1) is 46.5. The smallest absolute Gasteiger partial charge is 0.352 e. The molecule has 1 aliphatic carbocycles. The molecule has 0 radical (unpaired) electrons. The summed E-state index contributed by atoms with van der Waals surface area (Å²) in [4.78, 5) is 54.8. The Labute approximate surface area is 389 Å². The van der Waals surface area contributed by atoms with Gasteiger partial charge in [0.2, 0.25) is 11.9 Å². The van der Waals surface area contributed by atoms with Gasteiger partial charge >= 0.3 is 12.4 Å². The second-order valence-corrected chi connectivity index (χ2v) is 18.9. The second kappa shape index (κ2) is 18.5. The van der Waals surface area contributed by atoms with Gasteiger partial charge in [-0.25, -0.2) is 29.3 Å². The molecule has 2 amide bonds. The Balaban J connectivity index is 0.945. The summed E-state index contributed by atoms with van der Waals surface area (Å²) in [5.41, 5.74) is 1.29. The lowest BCUT2D eigenvalue weighted by atomic mass is 9.90. The van der Waals surface area contributed by atoms with E-state index >= 15 is 0 Å². The number of piperidine rings is 1. The summed E-state index contributed by atoms with van der Waals surface area (Å²) in [6.07, 6.45) is -1.83. The number of thiazole rings is 1. The highest BCUT2D eigenvalue weighted by Crippen LogP contribution is 2.49. The van der Waals surface area contributed by atoms with Gasteiger partial charge in [-0.3, -0.25) is 9.59 Å². The van der Waals surface area contributed by atoms with E-state index in [1.54, 1.807) is 47.2 Å². The summed E-state index contributed by atoms with van der Waals surface area (Å²) >= 11 is 1.32. The number of carbonyl (C=O) groups is 2. The van der Waals surface area contributed by atoms with Crippen LogP contribution in [0.15, 0.2) is 73.4 Å². The lowest BCUT2D eigenvalue weighted by Gasteiger charge is -2.40. The van der Waals surface area contributed by atoms with Gasteiger partial charge < -0.3 is 20.4 Å². The quantitative estimate of drug-likeness (QED) is 0.120. The number of rotatable bonds is 11. The molecule has 0 spiro atoms. The highest BCUT2D eigenvalue weighted by Gasteiger charge is 2.50. The average Bonchev–Trinajstić information content (AvgIpc) is 4.12. The Morgan fingerprint density at radius 3 is 2.06 bits per heavy atom. The van der Waals surface area contributed by atoms with Crippen molar-refractivity contribution in [1.82, 2.24) is 49.7 Å². The minimum atomic E-state index is -4.61. The fourth-order valence-corrected chi connectivity index (χ4v) is 10.7. The molecular weight excluding hydrogens is 918 g/mol. The first-order chi connectivity index (χ1) is 32.4. The molecule has 22 heteroatoms. The molecule has 14 nitrogen and oxygen atoms in total. The molecule has 3 fully saturated rings. The van der Waals surface area contributed by atoms with Gasteiger partial charge in [-0.05, 0) is 87.1 Å². The topological polar surface area (TPSA) is 160 Å². The molecule has 2 saturated heterocycles. The molecule has 3 aliphatic rings. The van der Waals surface area contributed by atoms with Crippen molar-refractivity contribution in [2.75, 3.05) is 36.8 Å². The molecule has 6 unspecified atom stereocenters. The fourth-order valence-electron chi connectivity index (χ4n) is 9.76. The van der Waals surface area contributed by atoms with Crippen LogP contribution in [0.3, 0.4) is 0 Å². The minimum Gasteiger partial charge on any atom is -0.352 e. The summed E-state index contributed by atoms with van der Waals surface area (Å²) in [5.74, 6) is -1.12. The zero-order chi connectivity index (χ0) is 48.1. The summed E-state index contributed by atoms with van der Waals surface area (Å²) in [5, 5.41) is 16.3. The fraction of sp³-hybridized carbons (Fsp3) is 0.413. The van der Waals surface area contributed by atoms with Crippen LogP contribution < -0.4 is 10.6 Å². The van der Waals surface area contributed by atoms with E-state index in [1.165, 1.54) is 28.3 Å². The van der Waals surface area contributed by atoms with Crippen LogP contribution >= 0.6 is 11.3 Å². The van der Waals surface area contributed by atoms with Crippen LogP contribution in [0.1, 0.15) is 86.8 Å². The largest absolute Gasteiger partial charge is 0.419 e. The molecule has 6 heterocycles. The van der Waals surface area contributed by atoms with E-state index in [4.69, 9.17) is 5.10 Å². The molecule has 2 aromatic carbocycles. The number of aryl methyl sites for hydroxylation is 2. The van der Waals surface area contributed by atoms with Crippen LogP contribution in [0.4, 0.5) is 42.6 Å². The normalized spacial score (nSPS) is 21.8. The Hall–Kier alpha value is -6.58. The number of benzene rings is 2. The van der Waals surface area contributed by atoms with Gasteiger partial charge in [-0.2, -0.15) is 41.3 Å². The van der Waals surface area contributed by atoms with Crippen molar-refractivity contribution < 1.29 is 40.3 Å². The van der Waals surface area contributed by atoms with Gasteiger partial charge in [0.15, 0.2) is 0 Å². The number of alkyl halides is 6. The predicted molar refractivity (Wildman–Crippen MR) is 236 cm³/mol. The number of hydrogen-bond donors (Lipinski definition) is 2. The molecule has 2 aliphatic heterocycles. The molecular formula is C46H45F7N12O2S. The first-order valence-electron chi connectivity index (χ1n) is 22.1. The third-order valence-electron chi connectivity index (χ3n) is 13.2. The third kappa shape index (κ3) is 9.59. The van der Waals surface area contributed by atoms with E-state index in [-0.39, 0.29) is 72.2 Å². The molecule has 6 aromatic rings. The average molecular weight is 963 g/mol. The molecule has 68 heavy (non-hydrogen) atoms. The summed E-state index contributed by atoms with van der Waals surface area (Å²) in [6, 6.07) is 10.5. The predicted octanol–water partition coefficient (Wildman–Crippen LogP) is 8.86. The summed E-state index contributed by atoms with van der Waals surface area (Å²) < 4.78 is 93.2. The molecule has 4 aromatic heterocycles. The molecule has 1 saturated carbocycles. The number of likely N-dealkylation sites (tertiary alicyclic amines) is 2. The number of carbonyl (C=O) groups excluding carboxylic acids is 2. The monoisotopic (exact) mass is 962 g/mol. The molecule has 0 bridgehead atoms. The van der Waals surface area contributed by atoms with Gasteiger partial charge in [0.25, 0.3) is 11.8 Å². The van der Waals surface area contributed by atoms with Crippen molar-refractivity contribution in [3.8, 4) is 16.1 Å². The second-order valence-electron chi connectivity index (χ2n) is 17.6. The van der Waals surface area contributed by atoms with Crippen molar-refractivity contribution in [2.24, 2.45) is 17.8 Å². The highest BCUT2D eigenvalue weighted by molar-refractivity contribution is 7.15. The standard InChI is InChI=1S/C46H45F7N12O2S/c1-24-6-11-36(34(13-24)41(66)63-12-4-5-25(2)37(63)21-58-43-54-16-30(17-55-43)45(48,49)50)65-60-20-35(62-65)28-14-29-23-64(42(67)39-40(68-26(3)61-39)27-7-9-32(47)10-8-27)38(33(29)15-28)22-59-44-56-18-31(19-57-44)46(51,52)53/h6-11,13,16-20,25,28-29,33,37-38H,4-5,12,14-15,21-23H2,1-3H3,(H,54,55,58)(H,56,57,59). The summed E-state index contributed by atoms with van der Waals surface area (Å²) in [6.45, 7) is 6.85. The third-order valence-corrected chi connectivity index (χ3v) is 14.2. The van der Waals surface area contributed by atoms with E-state index in [9.17, 15) is 40.3 Å². The maximum Gasteiger partial charge on any atom is 0.419 e. The molecule has 9 rings (SSSR count). The van der Waals surface area contributed by atoms with Crippen LogP contribution in [0.25, 0.3) is 16.1 Å². The van der Waals surface area contributed by atoms with Gasteiger partial charge in [0, 0.05) is 56.9 Å². The van der Waals surface area contributed by atoms with Crippen molar-refractivity contribution >= 4 is 35.0 Å². The number of nitrogens with one attached hydrogen (secondary N) is 2. The van der Waals surface area contributed by atoms with Gasteiger partial charge in [-0.15, -0.1) is 11.3 Å². The van der Waals surface area contributed by atoms with Crippen LogP contribution in [0.5, 0.6) is 0 Å². The van der Waals surface area contributed by atoms with Gasteiger partial charge in [0.05, 0.1) is 56.2 Å². The number of hydrogen-bond acceptors (Lipinski definition) is 12. The van der Waals surface area contributed by atoms with Crippen LogP contribution in [0, 0.1) is 37.4 Å². The maximum atomic E-state index is 14.6. The number of nitrogens with zero attached hydrogens (tertiary/aromatic N) is 10. The van der Waals surface area contributed by atoms with E-state index in [2.05, 4.69) is 40.7 Å². The van der Waals surface area contributed by atoms with Crippen molar-refractivity contribution in [2.45, 2.75) is 76.8 Å². The minimum absolute atomic E-state index is 0.000416. The summed E-state index contributed by atoms with van der Waals surface area (Å²) in [7, 11) is 0. The van der Waals surface area contributed by atoms with Crippen LogP contribution in [-0.2, 0) is 12.4 Å². The Bertz CT molecular complexity index is 2780. The molecule has 356 valence electrons. The van der Waals surface area contributed by atoms with E-state index in [1.807, 2.05) is 19.9 Å². The van der Waals surface area contributed by atoms with Crippen LogP contribution in [0.2, 0.25) is 0 Å². The van der Waals surface area contributed by atoms with Crippen molar-refractivity contribution in [1.29, 1.82) is 0 Å². The maximum absolute atomic E-state index is 14.6. The van der Waals surface area contributed by atoms with Crippen molar-refractivity contribution in [3.05, 3.63) is 118 Å². The number of fused-ring (bicyclic) bond motifs is 1. The number of anilines is 2. The highest BCUT2D eigenvalue weighted by atomic mass is 32.1. The van der Waals surface area contributed by atoms with E-state index < -0.39 is 35.3 Å². The Kier molecular flexibility index (Phi) is 12.6. The van der Waals surface area contributed by atoms with Crippen molar-refractivity contribution in [3.63, 3.8) is 0 Å².